The molecule has 11 nitrogen and oxygen atoms in total. The monoisotopic (exact) mass is 544 g/mol. The Morgan fingerprint density at radius 1 is 1.20 bits per heavy atom. The number of carbonyl (C=O) groups excluding carboxylic acids is 1. The molecule has 0 spiro atoms. The second-order valence-corrected chi connectivity index (χ2v) is 9.97. The fourth-order valence-electron chi connectivity index (χ4n) is 2.88. The number of amides is 1. The van der Waals surface area contributed by atoms with Crippen molar-refractivity contribution in [3.8, 4) is 0 Å². The Balaban J connectivity index is 0.000000268. The normalized spacial score (nSPS) is 12.7. The number of aromatic nitrogens is 2. The molecular weight excluding hydrogens is 525 g/mol. The van der Waals surface area contributed by atoms with Gasteiger partial charge in [-0.3, -0.25) is 4.79 Å². The Morgan fingerprint density at radius 3 is 2.46 bits per heavy atom. The molecule has 0 bridgehead atoms. The molecule has 3 aromatic rings. The van der Waals surface area contributed by atoms with E-state index < -0.39 is 10.0 Å². The second kappa shape index (κ2) is 12.5. The number of hydroxylamine groups is 1. The number of halogens is 1. The minimum absolute atomic E-state index is 0. The van der Waals surface area contributed by atoms with Crippen molar-refractivity contribution in [1.82, 2.24) is 15.5 Å². The van der Waals surface area contributed by atoms with E-state index in [1.54, 1.807) is 19.2 Å². The van der Waals surface area contributed by atoms with E-state index in [-0.39, 0.29) is 51.5 Å². The van der Waals surface area contributed by atoms with Gasteiger partial charge in [0.15, 0.2) is 5.84 Å². The number of likely N-dealkylation sites (N-methyl/N-ethyl adjacent to an activating group) is 1. The smallest absolute Gasteiger partial charge is 0.623 e. The quantitative estimate of drug-likeness (QED) is 0.166. The third-order valence-electron chi connectivity index (χ3n) is 4.28. The predicted molar refractivity (Wildman–Crippen MR) is 131 cm³/mol. The Hall–Kier alpha value is -2.39. The van der Waals surface area contributed by atoms with Gasteiger partial charge in [-0.05, 0) is 30.3 Å². The molecule has 0 saturated heterocycles. The summed E-state index contributed by atoms with van der Waals surface area (Å²) < 4.78 is 22.0. The Kier molecular flexibility index (Phi) is 10.3. The molecule has 4 N–H and O–H groups in total. The van der Waals surface area contributed by atoms with Crippen molar-refractivity contribution in [1.29, 1.82) is 0 Å². The molecule has 1 amide bonds. The summed E-state index contributed by atoms with van der Waals surface area (Å²) >= 11 is 6.80. The minimum Gasteiger partial charge on any atom is -0.623 e. The molecule has 1 aliphatic heterocycles. The van der Waals surface area contributed by atoms with E-state index in [2.05, 4.69) is 25.8 Å². The molecule has 0 aliphatic carbocycles. The van der Waals surface area contributed by atoms with Crippen LogP contribution in [0, 0.1) is 5.21 Å². The molecule has 15 heteroatoms. The molecule has 0 atom stereocenters. The van der Waals surface area contributed by atoms with E-state index in [4.69, 9.17) is 16.7 Å². The van der Waals surface area contributed by atoms with Crippen LogP contribution < -0.4 is 45.3 Å². The van der Waals surface area contributed by atoms with Gasteiger partial charge in [-0.15, -0.1) is 10.2 Å². The fourth-order valence-corrected chi connectivity index (χ4v) is 4.43. The Morgan fingerprint density at radius 2 is 1.89 bits per heavy atom. The number of primary sulfonamides is 1. The number of benzene rings is 2. The number of anilines is 1. The first-order valence-electron chi connectivity index (χ1n) is 9.64. The molecule has 0 unspecified atom stereocenters. The zero-order valence-electron chi connectivity index (χ0n) is 19.0. The summed E-state index contributed by atoms with van der Waals surface area (Å²) in [5, 5.41) is 30.0. The van der Waals surface area contributed by atoms with Gasteiger partial charge in [-0.2, -0.15) is 4.74 Å². The largest absolute Gasteiger partial charge is 1.00 e. The predicted octanol–water partition coefficient (Wildman–Crippen LogP) is -0.901. The van der Waals surface area contributed by atoms with Gasteiger partial charge in [0.25, 0.3) is 10.0 Å². The van der Waals surface area contributed by atoms with E-state index in [1.807, 2.05) is 36.4 Å². The van der Waals surface area contributed by atoms with E-state index in [0.717, 1.165) is 21.6 Å². The van der Waals surface area contributed by atoms with Crippen LogP contribution in [0.4, 0.5) is 10.8 Å². The number of amidine groups is 1. The van der Waals surface area contributed by atoms with Crippen LogP contribution in [0.25, 0.3) is 0 Å². The van der Waals surface area contributed by atoms with Crippen molar-refractivity contribution in [3.05, 3.63) is 69.9 Å². The molecular formula is C20H20ClN7NaO4S2+. The number of carbonyl (C=O) groups is 1. The number of hydrogen-bond donors (Lipinski definition) is 3. The summed E-state index contributed by atoms with van der Waals surface area (Å²) in [4.78, 5) is 15.0. The molecule has 35 heavy (non-hydrogen) atoms. The second-order valence-electron chi connectivity index (χ2n) is 6.82. The third-order valence-corrected chi connectivity index (χ3v) is 6.66. The summed E-state index contributed by atoms with van der Waals surface area (Å²) in [6.45, 7) is 1.45. The Bertz CT molecular complexity index is 1380. The van der Waals surface area contributed by atoms with Gasteiger partial charge < -0.3 is 15.8 Å². The summed E-state index contributed by atoms with van der Waals surface area (Å²) in [5.41, 5.74) is 2.92. The van der Waals surface area contributed by atoms with Gasteiger partial charge in [0, 0.05) is 24.6 Å². The van der Waals surface area contributed by atoms with Crippen LogP contribution in [0.5, 0.6) is 0 Å². The van der Waals surface area contributed by atoms with Gasteiger partial charge >= 0.3 is 29.6 Å². The van der Waals surface area contributed by atoms with Crippen molar-refractivity contribution in [3.63, 3.8) is 0 Å². The zero-order valence-corrected chi connectivity index (χ0v) is 23.4. The minimum atomic E-state index is -3.82. The van der Waals surface area contributed by atoms with Crippen molar-refractivity contribution < 1.29 is 47.5 Å². The first-order chi connectivity index (χ1) is 16.1. The van der Waals surface area contributed by atoms with Crippen LogP contribution in [-0.4, -0.2) is 54.4 Å². The van der Waals surface area contributed by atoms with Crippen molar-refractivity contribution in [2.24, 2.45) is 10.1 Å². The van der Waals surface area contributed by atoms with Gasteiger partial charge in [0.2, 0.25) is 27.6 Å². The van der Waals surface area contributed by atoms with Gasteiger partial charge in [-0.1, -0.05) is 41.1 Å². The van der Waals surface area contributed by atoms with Gasteiger partial charge in [0.1, 0.15) is 0 Å². The molecule has 4 rings (SSSR count). The van der Waals surface area contributed by atoms with Crippen LogP contribution in [0.2, 0.25) is 5.02 Å². The number of hydrogen-bond acceptors (Lipinski definition) is 9. The van der Waals surface area contributed by atoms with E-state index >= 15 is 0 Å². The third kappa shape index (κ3) is 7.80. The average molecular weight is 545 g/mol. The molecule has 0 saturated carbocycles. The van der Waals surface area contributed by atoms with E-state index in [9.17, 15) is 18.4 Å². The zero-order chi connectivity index (χ0) is 24.9. The van der Waals surface area contributed by atoms with Crippen LogP contribution in [0.1, 0.15) is 18.1 Å². The molecule has 178 valence electrons. The van der Waals surface area contributed by atoms with Crippen molar-refractivity contribution in [2.45, 2.75) is 11.3 Å². The molecule has 2 heterocycles. The van der Waals surface area contributed by atoms with Gasteiger partial charge in [-0.25, -0.2) is 18.5 Å². The Labute approximate surface area is 233 Å². The number of nitrogens with one attached hydrogen (secondary N) is 2. The number of aliphatic imine (C=N–C) groups is 1. The first kappa shape index (κ1) is 28.8. The number of nitrogens with zero attached hydrogens (tertiary/aromatic N) is 4. The first-order valence-corrected chi connectivity index (χ1v) is 12.4. The van der Waals surface area contributed by atoms with E-state index in [1.165, 1.54) is 6.92 Å². The summed E-state index contributed by atoms with van der Waals surface area (Å²) in [6, 6.07) is 15.0. The van der Waals surface area contributed by atoms with Crippen molar-refractivity contribution >= 4 is 61.2 Å². The SMILES string of the molecule is CC(=O)Nc1nnc(S(N)(=O)=O)s1.CNC1=Nc2ccc(Cl)cc2C(c2ccccc2)=[N+]([O-])C1.[Na+]. The van der Waals surface area contributed by atoms with Crippen molar-refractivity contribution in [2.75, 3.05) is 18.9 Å². The van der Waals surface area contributed by atoms with Crippen LogP contribution in [-0.2, 0) is 14.8 Å². The molecule has 0 radical (unpaired) electrons. The molecule has 1 aromatic heterocycles. The van der Waals surface area contributed by atoms with Gasteiger partial charge in [0.05, 0.1) is 11.3 Å². The summed E-state index contributed by atoms with van der Waals surface area (Å²) in [5.74, 6) is 0.275. The summed E-state index contributed by atoms with van der Waals surface area (Å²) in [7, 11) is -2.06. The van der Waals surface area contributed by atoms with Crippen LogP contribution in [0.15, 0.2) is 57.9 Å². The molecule has 2 aromatic carbocycles. The van der Waals surface area contributed by atoms with E-state index in [0.29, 0.717) is 27.9 Å². The number of nitrogens with two attached hydrogens (primary N) is 1. The number of sulfonamides is 1. The van der Waals surface area contributed by atoms with Crippen LogP contribution in [0.3, 0.4) is 0 Å². The molecule has 0 fully saturated rings. The topological polar surface area (TPSA) is 166 Å². The average Bonchev–Trinajstić information content (AvgIpc) is 3.19. The molecule has 1 aliphatic rings. The number of fused-ring (bicyclic) bond motifs is 1. The maximum Gasteiger partial charge on any atom is 1.00 e. The maximum absolute atomic E-state index is 12.6. The standard InChI is InChI=1S/C16H14ClN3O.C4H6N4O3S2.Na/c1-18-15-10-20(21)16(11-5-3-2-4-6-11)13-9-12(17)7-8-14(13)19-15;1-2(9)6-3-7-8-4(12-3)13(5,10)11;/h2-9H,10H2,1H3,(H,18,19);1H3,(H2,5,10,11)(H,6,7,9);/q;;+1. The summed E-state index contributed by atoms with van der Waals surface area (Å²) in [6.07, 6.45) is 0. The maximum atomic E-state index is 12.6. The number of rotatable bonds is 3. The van der Waals surface area contributed by atoms with Crippen LogP contribution >= 0.6 is 22.9 Å². The fraction of sp³-hybridized carbons (Fsp3) is 0.150.